The van der Waals surface area contributed by atoms with Crippen LogP contribution < -0.4 is 10.5 Å². The summed E-state index contributed by atoms with van der Waals surface area (Å²) in [7, 11) is -3.64. The van der Waals surface area contributed by atoms with Gasteiger partial charge in [-0.2, -0.15) is 5.10 Å². The predicted octanol–water partition coefficient (Wildman–Crippen LogP) is -0.431. The maximum absolute atomic E-state index is 11.9. The van der Waals surface area contributed by atoms with Gasteiger partial charge in [0.05, 0.1) is 18.6 Å². The highest BCUT2D eigenvalue weighted by molar-refractivity contribution is 7.89. The molecule has 0 saturated carbocycles. The minimum absolute atomic E-state index is 0.0274. The molecule has 0 aliphatic heterocycles. The zero-order chi connectivity index (χ0) is 13.2. The molecular weight excluding hydrogens is 256 g/mol. The average Bonchev–Trinajstić information content (AvgIpc) is 2.73. The van der Waals surface area contributed by atoms with Crippen molar-refractivity contribution in [2.75, 3.05) is 5.73 Å². The topological polar surface area (TPSA) is 127 Å². The molecule has 0 spiro atoms. The van der Waals surface area contributed by atoms with Gasteiger partial charge in [0.2, 0.25) is 16.0 Å². The van der Waals surface area contributed by atoms with E-state index in [9.17, 15) is 8.42 Å². The van der Waals surface area contributed by atoms with Crippen LogP contribution in [0.4, 0.5) is 5.95 Å². The monoisotopic (exact) mass is 268 g/mol. The first-order valence-corrected chi connectivity index (χ1v) is 6.53. The fourth-order valence-corrected chi connectivity index (χ4v) is 2.17. The van der Waals surface area contributed by atoms with Gasteiger partial charge in [-0.05, 0) is 6.92 Å². The molecule has 2 rings (SSSR count). The van der Waals surface area contributed by atoms with Gasteiger partial charge in [-0.15, -0.1) is 0 Å². The average molecular weight is 268 g/mol. The quantitative estimate of drug-likeness (QED) is 0.690. The van der Waals surface area contributed by atoms with Crippen molar-refractivity contribution in [1.82, 2.24) is 24.9 Å². The van der Waals surface area contributed by atoms with E-state index in [1.165, 1.54) is 0 Å². The number of aryl methyl sites for hydroxylation is 1. The standard InChI is InChI=1S/C9H12N6O2S/c1-6-7(2-13-15-6)3-14-18(16,17)8-4-11-9(10)12-5-8/h2,4-5,14H,3H2,1H3,(H,13,15)(H2,10,11,12). The van der Waals surface area contributed by atoms with Gasteiger partial charge >= 0.3 is 0 Å². The highest BCUT2D eigenvalue weighted by Gasteiger charge is 2.15. The van der Waals surface area contributed by atoms with Crippen LogP contribution in [0.25, 0.3) is 0 Å². The number of anilines is 1. The van der Waals surface area contributed by atoms with Crippen molar-refractivity contribution in [3.63, 3.8) is 0 Å². The number of aromatic amines is 1. The van der Waals surface area contributed by atoms with Crippen LogP contribution in [0.15, 0.2) is 23.5 Å². The lowest BCUT2D eigenvalue weighted by molar-refractivity contribution is 0.580. The molecule has 0 aliphatic carbocycles. The Bertz CT molecular complexity index is 633. The number of nitrogens with two attached hydrogens (primary N) is 1. The zero-order valence-corrected chi connectivity index (χ0v) is 10.4. The fourth-order valence-electron chi connectivity index (χ4n) is 1.27. The summed E-state index contributed by atoms with van der Waals surface area (Å²) >= 11 is 0. The van der Waals surface area contributed by atoms with Gasteiger partial charge < -0.3 is 5.73 Å². The molecule has 18 heavy (non-hydrogen) atoms. The van der Waals surface area contributed by atoms with Gasteiger partial charge in [0.1, 0.15) is 4.90 Å². The molecule has 0 aliphatic rings. The maximum Gasteiger partial charge on any atom is 0.243 e. The van der Waals surface area contributed by atoms with Crippen molar-refractivity contribution in [2.24, 2.45) is 0 Å². The van der Waals surface area contributed by atoms with Crippen LogP contribution in [-0.4, -0.2) is 28.6 Å². The van der Waals surface area contributed by atoms with E-state index in [1.54, 1.807) is 6.20 Å². The molecule has 0 saturated heterocycles. The van der Waals surface area contributed by atoms with Gasteiger partial charge in [-0.25, -0.2) is 23.1 Å². The highest BCUT2D eigenvalue weighted by Crippen LogP contribution is 2.08. The van der Waals surface area contributed by atoms with Crippen LogP contribution in [-0.2, 0) is 16.6 Å². The van der Waals surface area contributed by atoms with E-state index in [0.29, 0.717) is 0 Å². The second-order valence-electron chi connectivity index (χ2n) is 3.62. The molecule has 9 heteroatoms. The molecule has 0 radical (unpaired) electrons. The molecular formula is C9H12N6O2S. The third-order valence-corrected chi connectivity index (χ3v) is 3.70. The molecule has 0 unspecified atom stereocenters. The third-order valence-electron chi connectivity index (χ3n) is 2.35. The molecule has 8 nitrogen and oxygen atoms in total. The molecule has 4 N–H and O–H groups in total. The van der Waals surface area contributed by atoms with E-state index < -0.39 is 10.0 Å². The number of rotatable bonds is 4. The van der Waals surface area contributed by atoms with Crippen LogP contribution in [0.1, 0.15) is 11.3 Å². The van der Waals surface area contributed by atoms with Crippen LogP contribution >= 0.6 is 0 Å². The Balaban J connectivity index is 2.13. The summed E-state index contributed by atoms with van der Waals surface area (Å²) in [5.41, 5.74) is 6.88. The minimum Gasteiger partial charge on any atom is -0.368 e. The van der Waals surface area contributed by atoms with E-state index in [4.69, 9.17) is 5.73 Å². The number of nitrogens with one attached hydrogen (secondary N) is 2. The van der Waals surface area contributed by atoms with Crippen LogP contribution in [0, 0.1) is 6.92 Å². The normalized spacial score (nSPS) is 11.6. The molecule has 2 aromatic heterocycles. The zero-order valence-electron chi connectivity index (χ0n) is 9.58. The van der Waals surface area contributed by atoms with Crippen molar-refractivity contribution in [1.29, 1.82) is 0 Å². The molecule has 0 atom stereocenters. The lowest BCUT2D eigenvalue weighted by atomic mass is 10.3. The number of sulfonamides is 1. The summed E-state index contributed by atoms with van der Waals surface area (Å²) in [6.07, 6.45) is 3.89. The van der Waals surface area contributed by atoms with Gasteiger partial charge in [0.25, 0.3) is 0 Å². The second-order valence-corrected chi connectivity index (χ2v) is 5.39. The largest absolute Gasteiger partial charge is 0.368 e. The van der Waals surface area contributed by atoms with Crippen molar-refractivity contribution in [3.05, 3.63) is 29.8 Å². The van der Waals surface area contributed by atoms with Crippen LogP contribution in [0.2, 0.25) is 0 Å². The number of nitrogen functional groups attached to an aromatic ring is 1. The van der Waals surface area contributed by atoms with E-state index >= 15 is 0 Å². The maximum atomic E-state index is 11.9. The van der Waals surface area contributed by atoms with Gasteiger partial charge in [0, 0.05) is 17.8 Å². The Hall–Kier alpha value is -2.00. The molecule has 2 aromatic rings. The first-order valence-electron chi connectivity index (χ1n) is 5.05. The van der Waals surface area contributed by atoms with E-state index in [0.717, 1.165) is 23.7 Å². The molecule has 96 valence electrons. The van der Waals surface area contributed by atoms with Gasteiger partial charge in [0.15, 0.2) is 0 Å². The minimum atomic E-state index is -3.64. The Morgan fingerprint density at radius 1 is 1.33 bits per heavy atom. The molecule has 0 amide bonds. The summed E-state index contributed by atoms with van der Waals surface area (Å²) < 4.78 is 26.2. The third kappa shape index (κ3) is 2.63. The summed E-state index contributed by atoms with van der Waals surface area (Å²) in [5.74, 6) is 0.0274. The summed E-state index contributed by atoms with van der Waals surface area (Å²) in [5, 5.41) is 6.53. The lowest BCUT2D eigenvalue weighted by Crippen LogP contribution is -2.23. The molecule has 0 fully saturated rings. The van der Waals surface area contributed by atoms with Crippen LogP contribution in [0.5, 0.6) is 0 Å². The summed E-state index contributed by atoms with van der Waals surface area (Å²) in [4.78, 5) is 7.24. The fraction of sp³-hybridized carbons (Fsp3) is 0.222. The Labute approximate surface area is 104 Å². The Morgan fingerprint density at radius 2 is 2.00 bits per heavy atom. The van der Waals surface area contributed by atoms with Crippen molar-refractivity contribution in [2.45, 2.75) is 18.4 Å². The summed E-state index contributed by atoms with van der Waals surface area (Å²) in [6, 6.07) is 0. The summed E-state index contributed by atoms with van der Waals surface area (Å²) in [6.45, 7) is 1.96. The number of hydrogen-bond donors (Lipinski definition) is 3. The Morgan fingerprint density at radius 3 is 2.56 bits per heavy atom. The van der Waals surface area contributed by atoms with Crippen molar-refractivity contribution >= 4 is 16.0 Å². The van der Waals surface area contributed by atoms with E-state index in [1.807, 2.05) is 6.92 Å². The van der Waals surface area contributed by atoms with Gasteiger partial charge in [-0.3, -0.25) is 5.10 Å². The second kappa shape index (κ2) is 4.70. The van der Waals surface area contributed by atoms with E-state index in [-0.39, 0.29) is 17.4 Å². The number of aromatic nitrogens is 4. The molecule has 0 aromatic carbocycles. The number of H-pyrrole nitrogens is 1. The van der Waals surface area contributed by atoms with Crippen molar-refractivity contribution < 1.29 is 8.42 Å². The Kier molecular flexibility index (Phi) is 3.26. The van der Waals surface area contributed by atoms with Crippen LogP contribution in [0.3, 0.4) is 0 Å². The smallest absolute Gasteiger partial charge is 0.243 e. The SMILES string of the molecule is Cc1[nH]ncc1CNS(=O)(=O)c1cnc(N)nc1. The lowest BCUT2D eigenvalue weighted by Gasteiger charge is -2.05. The number of hydrogen-bond acceptors (Lipinski definition) is 6. The molecule has 0 bridgehead atoms. The first kappa shape index (κ1) is 12.5. The van der Waals surface area contributed by atoms with Crippen molar-refractivity contribution in [3.8, 4) is 0 Å². The highest BCUT2D eigenvalue weighted by atomic mass is 32.2. The predicted molar refractivity (Wildman–Crippen MR) is 63.8 cm³/mol. The van der Waals surface area contributed by atoms with Gasteiger partial charge in [-0.1, -0.05) is 0 Å². The number of nitrogens with zero attached hydrogens (tertiary/aromatic N) is 3. The van der Waals surface area contributed by atoms with E-state index in [2.05, 4.69) is 24.9 Å². The molecule has 2 heterocycles. The first-order chi connectivity index (χ1) is 8.49.